The molecule has 0 atom stereocenters. The summed E-state index contributed by atoms with van der Waals surface area (Å²) < 4.78 is 0. The average molecular weight is 226 g/mol. The molecule has 0 amide bonds. The number of aliphatic carboxylic acids is 1. The first-order chi connectivity index (χ1) is 7.64. The number of carboxylic acids is 1. The Morgan fingerprint density at radius 2 is 2.00 bits per heavy atom. The van der Waals surface area contributed by atoms with Gasteiger partial charge in [0.05, 0.1) is 12.0 Å². The molecule has 2 N–H and O–H groups in total. The van der Waals surface area contributed by atoms with Gasteiger partial charge in [0.2, 0.25) is 0 Å². The maximum atomic E-state index is 10.9. The Balaban J connectivity index is 1.99. The number of carbonyl (C=O) groups is 1. The molecule has 1 aliphatic heterocycles. The Hall–Kier alpha value is -0.610. The van der Waals surface area contributed by atoms with Crippen molar-refractivity contribution < 1.29 is 9.90 Å². The first-order valence-corrected chi connectivity index (χ1v) is 6.29. The number of hydrogen-bond donors (Lipinski definition) is 2. The van der Waals surface area contributed by atoms with Gasteiger partial charge in [-0.25, -0.2) is 0 Å². The SMILES string of the molecule is CN(C1CCCCC1)C1(CC(=O)O)CNC1. The molecular weight excluding hydrogens is 204 g/mol. The molecule has 1 saturated heterocycles. The monoisotopic (exact) mass is 226 g/mol. The molecule has 16 heavy (non-hydrogen) atoms. The summed E-state index contributed by atoms with van der Waals surface area (Å²) in [5.41, 5.74) is -0.117. The highest BCUT2D eigenvalue weighted by molar-refractivity contribution is 5.68. The minimum absolute atomic E-state index is 0.117. The maximum Gasteiger partial charge on any atom is 0.305 e. The van der Waals surface area contributed by atoms with Crippen LogP contribution in [-0.2, 0) is 4.79 Å². The van der Waals surface area contributed by atoms with Crippen LogP contribution in [0.1, 0.15) is 38.5 Å². The van der Waals surface area contributed by atoms with Crippen LogP contribution in [0.3, 0.4) is 0 Å². The van der Waals surface area contributed by atoms with Gasteiger partial charge in [0, 0.05) is 19.1 Å². The Labute approximate surface area is 97.0 Å². The van der Waals surface area contributed by atoms with Crippen molar-refractivity contribution in [2.75, 3.05) is 20.1 Å². The smallest absolute Gasteiger partial charge is 0.305 e. The third kappa shape index (κ3) is 2.23. The zero-order chi connectivity index (χ0) is 11.6. The fourth-order valence-corrected chi connectivity index (χ4v) is 3.05. The zero-order valence-electron chi connectivity index (χ0n) is 10.0. The van der Waals surface area contributed by atoms with E-state index in [1.54, 1.807) is 0 Å². The molecule has 0 aromatic heterocycles. The molecule has 2 rings (SSSR count). The molecule has 1 saturated carbocycles. The summed E-state index contributed by atoms with van der Waals surface area (Å²) >= 11 is 0. The van der Waals surface area contributed by atoms with Gasteiger partial charge >= 0.3 is 5.97 Å². The van der Waals surface area contributed by atoms with Crippen molar-refractivity contribution in [1.29, 1.82) is 0 Å². The topological polar surface area (TPSA) is 52.6 Å². The zero-order valence-corrected chi connectivity index (χ0v) is 10.0. The molecule has 0 radical (unpaired) electrons. The fraction of sp³-hybridized carbons (Fsp3) is 0.917. The highest BCUT2D eigenvalue weighted by Gasteiger charge is 2.45. The Bertz CT molecular complexity index is 258. The van der Waals surface area contributed by atoms with Gasteiger partial charge in [-0.2, -0.15) is 0 Å². The minimum atomic E-state index is -0.677. The molecule has 4 heteroatoms. The highest BCUT2D eigenvalue weighted by Crippen LogP contribution is 2.31. The van der Waals surface area contributed by atoms with Crippen molar-refractivity contribution in [3.8, 4) is 0 Å². The van der Waals surface area contributed by atoms with Crippen molar-refractivity contribution in [3.63, 3.8) is 0 Å². The first kappa shape index (κ1) is 11.9. The molecule has 92 valence electrons. The van der Waals surface area contributed by atoms with Gasteiger partial charge in [-0.05, 0) is 19.9 Å². The van der Waals surface area contributed by atoms with Crippen LogP contribution in [0.5, 0.6) is 0 Å². The van der Waals surface area contributed by atoms with Gasteiger partial charge in [0.1, 0.15) is 0 Å². The quantitative estimate of drug-likeness (QED) is 0.753. The van der Waals surface area contributed by atoms with Crippen molar-refractivity contribution in [2.24, 2.45) is 0 Å². The molecule has 0 bridgehead atoms. The molecule has 1 heterocycles. The number of nitrogens with zero attached hydrogens (tertiary/aromatic N) is 1. The van der Waals surface area contributed by atoms with Crippen LogP contribution in [0.25, 0.3) is 0 Å². The van der Waals surface area contributed by atoms with E-state index in [0.29, 0.717) is 6.04 Å². The summed E-state index contributed by atoms with van der Waals surface area (Å²) in [7, 11) is 2.11. The van der Waals surface area contributed by atoms with E-state index in [9.17, 15) is 4.79 Å². The van der Waals surface area contributed by atoms with E-state index in [4.69, 9.17) is 5.11 Å². The normalized spacial score (nSPS) is 25.4. The number of likely N-dealkylation sites (N-methyl/N-ethyl adjacent to an activating group) is 1. The third-order valence-electron chi connectivity index (χ3n) is 4.26. The molecule has 0 aromatic rings. The Kier molecular flexibility index (Phi) is 3.50. The minimum Gasteiger partial charge on any atom is -0.481 e. The third-order valence-corrected chi connectivity index (χ3v) is 4.26. The summed E-state index contributed by atoms with van der Waals surface area (Å²) in [6.45, 7) is 1.65. The standard InChI is InChI=1S/C12H22N2O2/c1-14(10-5-3-2-4-6-10)12(7-11(15)16)8-13-9-12/h10,13H,2-9H2,1H3,(H,15,16). The molecular formula is C12H22N2O2. The molecule has 0 unspecified atom stereocenters. The molecule has 4 nitrogen and oxygen atoms in total. The van der Waals surface area contributed by atoms with Gasteiger partial charge < -0.3 is 10.4 Å². The van der Waals surface area contributed by atoms with Gasteiger partial charge in [-0.15, -0.1) is 0 Å². The second-order valence-corrected chi connectivity index (χ2v) is 5.30. The van der Waals surface area contributed by atoms with E-state index < -0.39 is 5.97 Å². The lowest BCUT2D eigenvalue weighted by molar-refractivity contribution is -0.142. The van der Waals surface area contributed by atoms with Crippen molar-refractivity contribution >= 4 is 5.97 Å². The first-order valence-electron chi connectivity index (χ1n) is 6.29. The van der Waals surface area contributed by atoms with E-state index in [1.807, 2.05) is 0 Å². The van der Waals surface area contributed by atoms with Crippen molar-refractivity contribution in [3.05, 3.63) is 0 Å². The lowest BCUT2D eigenvalue weighted by Gasteiger charge is -2.52. The Morgan fingerprint density at radius 1 is 1.38 bits per heavy atom. The second kappa shape index (κ2) is 4.72. The average Bonchev–Trinajstić information content (AvgIpc) is 2.23. The van der Waals surface area contributed by atoms with Crippen molar-refractivity contribution in [2.45, 2.75) is 50.1 Å². The van der Waals surface area contributed by atoms with Crippen LogP contribution >= 0.6 is 0 Å². The van der Waals surface area contributed by atoms with Crippen LogP contribution in [0, 0.1) is 0 Å². The van der Waals surface area contributed by atoms with Crippen molar-refractivity contribution in [1.82, 2.24) is 10.2 Å². The lowest BCUT2D eigenvalue weighted by Crippen LogP contribution is -2.70. The maximum absolute atomic E-state index is 10.9. The van der Waals surface area contributed by atoms with Crippen LogP contribution in [0.4, 0.5) is 0 Å². The van der Waals surface area contributed by atoms with Crippen LogP contribution < -0.4 is 5.32 Å². The molecule has 2 fully saturated rings. The van der Waals surface area contributed by atoms with E-state index >= 15 is 0 Å². The van der Waals surface area contributed by atoms with Gasteiger partial charge in [-0.1, -0.05) is 19.3 Å². The highest BCUT2D eigenvalue weighted by atomic mass is 16.4. The van der Waals surface area contributed by atoms with Gasteiger partial charge in [0.15, 0.2) is 0 Å². The van der Waals surface area contributed by atoms with Crippen LogP contribution in [0.2, 0.25) is 0 Å². The number of hydrogen-bond acceptors (Lipinski definition) is 3. The van der Waals surface area contributed by atoms with Crippen LogP contribution in [0.15, 0.2) is 0 Å². The number of nitrogens with one attached hydrogen (secondary N) is 1. The number of rotatable bonds is 4. The van der Waals surface area contributed by atoms with E-state index in [2.05, 4.69) is 17.3 Å². The molecule has 0 spiro atoms. The van der Waals surface area contributed by atoms with E-state index in [1.165, 1.54) is 32.1 Å². The molecule has 2 aliphatic rings. The second-order valence-electron chi connectivity index (χ2n) is 5.30. The van der Waals surface area contributed by atoms with E-state index in [0.717, 1.165) is 13.1 Å². The summed E-state index contributed by atoms with van der Waals surface area (Å²) in [5, 5.41) is 12.2. The molecule has 1 aliphatic carbocycles. The number of carboxylic acid groups (broad SMARTS) is 1. The van der Waals surface area contributed by atoms with E-state index in [-0.39, 0.29) is 12.0 Å². The Morgan fingerprint density at radius 3 is 2.44 bits per heavy atom. The van der Waals surface area contributed by atoms with Crippen LogP contribution in [-0.4, -0.2) is 47.7 Å². The van der Waals surface area contributed by atoms with Gasteiger partial charge in [0.25, 0.3) is 0 Å². The summed E-state index contributed by atoms with van der Waals surface area (Å²) in [6.07, 6.45) is 6.68. The van der Waals surface area contributed by atoms with Gasteiger partial charge in [-0.3, -0.25) is 9.69 Å². The summed E-state index contributed by atoms with van der Waals surface area (Å²) in [5.74, 6) is -0.677. The summed E-state index contributed by atoms with van der Waals surface area (Å²) in [6, 6.07) is 0.593. The largest absolute Gasteiger partial charge is 0.481 e. The lowest BCUT2D eigenvalue weighted by atomic mass is 9.83. The fourth-order valence-electron chi connectivity index (χ4n) is 3.05. The predicted octanol–water partition coefficient (Wildman–Crippen LogP) is 1.07. The molecule has 0 aromatic carbocycles. The predicted molar refractivity (Wildman–Crippen MR) is 62.5 cm³/mol. The summed E-state index contributed by atoms with van der Waals surface area (Å²) in [4.78, 5) is 13.3.